The van der Waals surface area contributed by atoms with Gasteiger partial charge in [0.2, 0.25) is 0 Å². The van der Waals surface area contributed by atoms with Gasteiger partial charge in [0.15, 0.2) is 54.9 Å². The summed E-state index contributed by atoms with van der Waals surface area (Å²) in [7, 11) is 0. The number of carbonyl (C=O) groups is 12. The third kappa shape index (κ3) is 19.8. The molecule has 5 aliphatic rings. The molecule has 0 aliphatic carbocycles. The van der Waals surface area contributed by atoms with Crippen molar-refractivity contribution >= 4 is 124 Å². The van der Waals surface area contributed by atoms with E-state index in [9.17, 15) is 67.6 Å². The van der Waals surface area contributed by atoms with Crippen LogP contribution in [0.2, 0.25) is 0 Å². The zero-order chi connectivity index (χ0) is 86.2. The number of hydrogen-bond acceptors (Lipinski definition) is 31. The Hall–Kier alpha value is -13.6. The molecule has 8 bridgehead atoms. The molecule has 0 radical (unpaired) electrons. The lowest BCUT2D eigenvalue weighted by molar-refractivity contribution is -0.384. The van der Waals surface area contributed by atoms with Crippen LogP contribution in [0.5, 0.6) is 0 Å². The quantitative estimate of drug-likeness (QED) is 0.0260. The van der Waals surface area contributed by atoms with Crippen LogP contribution < -0.4 is 0 Å². The average Bonchev–Trinajstić information content (AvgIpc) is 1.59. The molecule has 3 saturated heterocycles. The van der Waals surface area contributed by atoms with Gasteiger partial charge in [0.05, 0.1) is 27.7 Å². The number of hydrogen-bond donors (Lipinski definition) is 2. The number of H-pyrrole nitrogens is 2. The first kappa shape index (κ1) is 85.8. The summed E-state index contributed by atoms with van der Waals surface area (Å²) in [6, 6.07) is 33.5. The molecule has 7 aromatic rings. The van der Waals surface area contributed by atoms with Crippen LogP contribution in [0.1, 0.15) is 141 Å². The summed E-state index contributed by atoms with van der Waals surface area (Å²) < 4.78 is 87.9. The molecule has 0 saturated carbocycles. The molecule has 626 valence electrons. The number of benzene rings is 4. The lowest BCUT2D eigenvalue weighted by Crippen LogP contribution is -2.59. The van der Waals surface area contributed by atoms with E-state index >= 15 is 0 Å². The number of nitro groups is 1. The Bertz CT molecular complexity index is 5310. The topological polar surface area (TPSA) is 444 Å². The number of esters is 12. The molecule has 2 N–H and O–H groups in total. The minimum Gasteiger partial charge on any atom is -0.463 e. The van der Waals surface area contributed by atoms with Crippen LogP contribution in [0.4, 0.5) is 5.69 Å². The Kier molecular flexibility index (Phi) is 26.4. The first-order chi connectivity index (χ1) is 57.2. The SMILES string of the molecule is CC(=O)OC[C@H]1O[C@H](c2ccc(-c3c4nc(c(-c5ccc([C@H]6O[C@H](COC(C)=O)[C@@H](OC(C)=O)[C@H](OC(C)=O)[C@@H]6OC(C)=O)cc5)c5ccc([nH]5)c(-c5ccc([N+](=O)[O-])cc5)c5nc(c(-c6ccc([C@H]7O[C@H](COC(C)=O)[C@@H](OC(C)=O)[C@H](OC(C)=O)[C@@H]7OC(C)=O)cc6)c6ccc3[nH]6)C=C5)C=C4)cc2)[C@@H](OC(C)=O)[C@@H](OC(C)=O)[C@@H]1OC(C)=O. The van der Waals surface area contributed by atoms with Crippen molar-refractivity contribution in [3.8, 4) is 44.5 Å². The number of nitrogens with one attached hydrogen (secondary N) is 2. The number of rotatable bonds is 23. The number of aromatic amines is 2. The summed E-state index contributed by atoms with van der Waals surface area (Å²) in [5.74, 6) is -9.52. The highest BCUT2D eigenvalue weighted by atomic mass is 16.7. The van der Waals surface area contributed by atoms with E-state index < -0.39 is 188 Å². The standard InChI is InChI=1S/C86H83N5O29/c1-40(92)106-37-68-78(109-43(4)95)84(115-49(10)101)81(112-46(7)98)75(118-68)56-19-13-52(14-20-56)71-60-29-31-62(87-60)72(53-15-21-57(22-16-53)76-82(113-47(8)99)85(116-50(11)102)79(110-44(5)96)69(119-76)38-107-41(2)93)64-33-35-66(89-64)74(55-25-27-59(28-26-55)91(104)105)67-36-34-65(90-67)73(63-32-30-61(71)88-63)54-17-23-58(24-18-54)77-83(114-48(9)100)86(117-51(12)103)80(111-45(6)97)70(120-77)39-108-42(3)94/h13-36,68-70,75-87,90H,37-39H2,1-12H3/t68-,69-,70-,75-,76-,77-,78-,79-,80-,81-,82-,83-,84+,85+,86+/m1/s1. The highest BCUT2D eigenvalue weighted by Crippen LogP contribution is 2.46. The fourth-order valence-electron chi connectivity index (χ4n) is 15.2. The summed E-state index contributed by atoms with van der Waals surface area (Å²) in [4.78, 5) is 183. The van der Waals surface area contributed by atoms with Gasteiger partial charge in [0.1, 0.15) is 56.4 Å². The first-order valence-electron chi connectivity index (χ1n) is 37.8. The number of carbonyl (C=O) groups excluding carboxylic acids is 12. The molecule has 34 heteroatoms. The minimum absolute atomic E-state index is 0.197. The smallest absolute Gasteiger partial charge is 0.303 e. The first-order valence-corrected chi connectivity index (χ1v) is 37.8. The molecule has 0 amide bonds. The fraction of sp³-hybridized carbons (Fsp3) is 0.349. The van der Waals surface area contributed by atoms with Gasteiger partial charge in [-0.2, -0.15) is 0 Å². The molecule has 15 atom stereocenters. The second kappa shape index (κ2) is 36.9. The van der Waals surface area contributed by atoms with Crippen molar-refractivity contribution < 1.29 is 134 Å². The Morgan fingerprint density at radius 2 is 0.508 bits per heavy atom. The highest BCUT2D eigenvalue weighted by Gasteiger charge is 2.56. The third-order valence-electron chi connectivity index (χ3n) is 19.7. The van der Waals surface area contributed by atoms with Gasteiger partial charge in [0, 0.05) is 140 Å². The Morgan fingerprint density at radius 1 is 0.300 bits per heavy atom. The molecule has 5 aliphatic heterocycles. The maximum absolute atomic E-state index is 13.1. The van der Waals surface area contributed by atoms with Crippen molar-refractivity contribution in [3.63, 3.8) is 0 Å². The number of ether oxygens (including phenoxy) is 15. The average molecular weight is 1650 g/mol. The van der Waals surface area contributed by atoms with Crippen LogP contribution in [0.3, 0.4) is 0 Å². The molecule has 4 aromatic carbocycles. The molecule has 0 unspecified atom stereocenters. The van der Waals surface area contributed by atoms with Crippen LogP contribution in [0, 0.1) is 10.1 Å². The fourth-order valence-corrected chi connectivity index (χ4v) is 15.2. The summed E-state index contributed by atoms with van der Waals surface area (Å²) in [6.07, 6.45) is -13.8. The van der Waals surface area contributed by atoms with E-state index in [0.29, 0.717) is 106 Å². The van der Waals surface area contributed by atoms with Gasteiger partial charge in [-0.15, -0.1) is 0 Å². The maximum Gasteiger partial charge on any atom is 0.303 e. The van der Waals surface area contributed by atoms with E-state index in [1.807, 2.05) is 12.1 Å². The van der Waals surface area contributed by atoms with Gasteiger partial charge in [-0.25, -0.2) is 9.97 Å². The molecule has 120 heavy (non-hydrogen) atoms. The van der Waals surface area contributed by atoms with E-state index in [2.05, 4.69) is 9.97 Å². The summed E-state index contributed by atoms with van der Waals surface area (Å²) in [6.45, 7) is 12.1. The predicted octanol–water partition coefficient (Wildman–Crippen LogP) is 10.6. The van der Waals surface area contributed by atoms with Crippen LogP contribution >= 0.6 is 0 Å². The lowest BCUT2D eigenvalue weighted by atomic mass is 9.89. The Morgan fingerprint density at radius 3 is 0.717 bits per heavy atom. The van der Waals surface area contributed by atoms with Crippen LogP contribution in [-0.2, 0) is 129 Å². The molecular weight excluding hydrogens is 1570 g/mol. The van der Waals surface area contributed by atoms with Crippen molar-refractivity contribution in [2.45, 2.75) is 175 Å². The van der Waals surface area contributed by atoms with Gasteiger partial charge in [-0.05, 0) is 99.6 Å². The minimum atomic E-state index is -1.50. The van der Waals surface area contributed by atoms with Gasteiger partial charge in [-0.3, -0.25) is 67.6 Å². The van der Waals surface area contributed by atoms with Crippen molar-refractivity contribution in [3.05, 3.63) is 171 Å². The van der Waals surface area contributed by atoms with E-state index in [1.54, 1.807) is 121 Å². The second-order valence-electron chi connectivity index (χ2n) is 28.5. The van der Waals surface area contributed by atoms with Crippen molar-refractivity contribution in [2.24, 2.45) is 0 Å². The molecule has 8 heterocycles. The van der Waals surface area contributed by atoms with Gasteiger partial charge >= 0.3 is 71.6 Å². The Labute approximate surface area is 684 Å². The van der Waals surface area contributed by atoms with Crippen LogP contribution in [0.15, 0.2) is 121 Å². The second-order valence-corrected chi connectivity index (χ2v) is 28.5. The molecule has 3 fully saturated rings. The molecular formula is C86H83N5O29. The third-order valence-corrected chi connectivity index (χ3v) is 19.7. The summed E-state index contributed by atoms with van der Waals surface area (Å²) >= 11 is 0. The molecule has 0 spiro atoms. The van der Waals surface area contributed by atoms with E-state index in [0.717, 1.165) is 83.1 Å². The van der Waals surface area contributed by atoms with Crippen molar-refractivity contribution in [1.82, 2.24) is 19.9 Å². The van der Waals surface area contributed by atoms with Crippen LogP contribution in [0.25, 0.3) is 90.9 Å². The normalized spacial score (nSPS) is 22.8. The molecule has 3 aromatic heterocycles. The zero-order valence-corrected chi connectivity index (χ0v) is 66.8. The zero-order valence-electron chi connectivity index (χ0n) is 66.8. The maximum atomic E-state index is 13.1. The number of non-ortho nitro benzene ring substituents is 1. The monoisotopic (exact) mass is 1650 g/mol. The van der Waals surface area contributed by atoms with Gasteiger partial charge < -0.3 is 81.0 Å². The van der Waals surface area contributed by atoms with E-state index in [1.165, 1.54) is 12.1 Å². The largest absolute Gasteiger partial charge is 0.463 e. The number of aromatic nitrogens is 4. The lowest BCUT2D eigenvalue weighted by Gasteiger charge is -2.44. The van der Waals surface area contributed by atoms with E-state index in [-0.39, 0.29) is 5.69 Å². The van der Waals surface area contributed by atoms with E-state index in [4.69, 9.17) is 81.0 Å². The number of nitrogens with zero attached hydrogens (tertiary/aromatic N) is 3. The number of nitro benzene ring substituents is 1. The molecule has 34 nitrogen and oxygen atoms in total. The summed E-state index contributed by atoms with van der Waals surface area (Å²) in [5.41, 5.74) is 7.95. The predicted molar refractivity (Wildman–Crippen MR) is 420 cm³/mol. The molecule has 12 rings (SSSR count). The Balaban J connectivity index is 1.10. The summed E-state index contributed by atoms with van der Waals surface area (Å²) in [5, 5.41) is 12.3. The van der Waals surface area contributed by atoms with Gasteiger partial charge in [0.25, 0.3) is 5.69 Å². The van der Waals surface area contributed by atoms with Crippen molar-refractivity contribution in [1.29, 1.82) is 0 Å². The van der Waals surface area contributed by atoms with Gasteiger partial charge in [-0.1, -0.05) is 72.8 Å². The van der Waals surface area contributed by atoms with Crippen molar-refractivity contribution in [2.75, 3.05) is 19.8 Å². The highest BCUT2D eigenvalue weighted by molar-refractivity contribution is 6.00. The number of fused-ring (bicyclic) bond motifs is 8. The van der Waals surface area contributed by atoms with Crippen LogP contribution in [-0.4, -0.2) is 190 Å².